The lowest BCUT2D eigenvalue weighted by molar-refractivity contribution is -0.386. The van der Waals surface area contributed by atoms with E-state index in [-0.39, 0.29) is 0 Å². The molecule has 0 spiro atoms. The lowest BCUT2D eigenvalue weighted by atomic mass is 10.3. The van der Waals surface area contributed by atoms with E-state index in [1.54, 1.807) is 18.2 Å². The Kier molecular flexibility index (Phi) is 3.05. The first-order valence-electron chi connectivity index (χ1n) is 5.12. The van der Waals surface area contributed by atoms with Crippen LogP contribution < -0.4 is 11.2 Å². The van der Waals surface area contributed by atoms with Crippen LogP contribution in [0.25, 0.3) is 0 Å². The van der Waals surface area contributed by atoms with E-state index in [0.29, 0.717) is 18.1 Å². The maximum atomic E-state index is 11.2. The highest BCUT2D eigenvalue weighted by Crippen LogP contribution is 2.06. The molecule has 7 heteroatoms. The second-order valence-electron chi connectivity index (χ2n) is 3.68. The molecule has 0 aromatic carbocycles. The number of pyridine rings is 2. The van der Waals surface area contributed by atoms with E-state index in [1.165, 1.54) is 17.0 Å². The molecule has 92 valence electrons. The van der Waals surface area contributed by atoms with Gasteiger partial charge >= 0.3 is 5.69 Å². The highest BCUT2D eigenvalue weighted by atomic mass is 16.6. The van der Waals surface area contributed by atoms with Crippen molar-refractivity contribution in [3.8, 4) is 0 Å². The fraction of sp³-hybridized carbons (Fsp3) is 0.0909. The second-order valence-corrected chi connectivity index (χ2v) is 3.68. The Bertz CT molecular complexity index is 651. The third-order valence-corrected chi connectivity index (χ3v) is 2.33. The summed E-state index contributed by atoms with van der Waals surface area (Å²) in [6.07, 6.45) is 2.66. The van der Waals surface area contributed by atoms with Gasteiger partial charge in [0, 0.05) is 12.3 Å². The summed E-state index contributed by atoms with van der Waals surface area (Å²) in [7, 11) is 0. The predicted octanol–water partition coefficient (Wildman–Crippen LogP) is 0.782. The Hall–Kier alpha value is -2.70. The van der Waals surface area contributed by atoms with Crippen molar-refractivity contribution >= 4 is 11.5 Å². The van der Waals surface area contributed by atoms with Crippen molar-refractivity contribution in [3.05, 3.63) is 62.7 Å². The van der Waals surface area contributed by atoms with Crippen LogP contribution in [-0.4, -0.2) is 14.5 Å². The van der Waals surface area contributed by atoms with E-state index >= 15 is 0 Å². The van der Waals surface area contributed by atoms with Gasteiger partial charge < -0.3 is 10.3 Å². The lowest BCUT2D eigenvalue weighted by Gasteiger charge is -2.05. The summed E-state index contributed by atoms with van der Waals surface area (Å²) in [5, 5.41) is 10.6. The smallest absolute Gasteiger partial charge is 0.332 e. The monoisotopic (exact) mass is 246 g/mol. The molecule has 0 amide bonds. The largest absolute Gasteiger partial charge is 0.384 e. The zero-order valence-electron chi connectivity index (χ0n) is 9.31. The van der Waals surface area contributed by atoms with Crippen molar-refractivity contribution in [2.45, 2.75) is 6.54 Å². The average Bonchev–Trinajstić information content (AvgIpc) is 2.31. The molecule has 2 heterocycles. The van der Waals surface area contributed by atoms with Crippen LogP contribution in [0.1, 0.15) is 5.69 Å². The molecule has 0 aliphatic rings. The summed E-state index contributed by atoms with van der Waals surface area (Å²) in [5.74, 6) is 0.378. The Balaban J connectivity index is 2.33. The Morgan fingerprint density at radius 3 is 2.83 bits per heavy atom. The van der Waals surface area contributed by atoms with Crippen molar-refractivity contribution in [2.24, 2.45) is 0 Å². The van der Waals surface area contributed by atoms with Crippen molar-refractivity contribution in [2.75, 3.05) is 5.73 Å². The molecule has 0 bridgehead atoms. The molecule has 0 saturated carbocycles. The van der Waals surface area contributed by atoms with Crippen LogP contribution in [0.5, 0.6) is 0 Å². The third-order valence-electron chi connectivity index (χ3n) is 2.33. The molecule has 0 aliphatic carbocycles. The molecular weight excluding hydrogens is 236 g/mol. The minimum Gasteiger partial charge on any atom is -0.384 e. The van der Waals surface area contributed by atoms with Crippen LogP contribution in [-0.2, 0) is 6.54 Å². The van der Waals surface area contributed by atoms with Gasteiger partial charge in [0.05, 0.1) is 23.4 Å². The van der Waals surface area contributed by atoms with Crippen molar-refractivity contribution in [1.82, 2.24) is 9.55 Å². The van der Waals surface area contributed by atoms with Gasteiger partial charge in [0.25, 0.3) is 5.43 Å². The summed E-state index contributed by atoms with van der Waals surface area (Å²) in [5.41, 5.74) is 5.12. The van der Waals surface area contributed by atoms with Gasteiger partial charge in [-0.25, -0.2) is 4.98 Å². The Morgan fingerprint density at radius 2 is 2.17 bits per heavy atom. The minimum absolute atomic E-state index is 0.312. The van der Waals surface area contributed by atoms with Gasteiger partial charge in [-0.15, -0.1) is 0 Å². The zero-order valence-corrected chi connectivity index (χ0v) is 9.31. The summed E-state index contributed by atoms with van der Waals surface area (Å²) >= 11 is 0. The summed E-state index contributed by atoms with van der Waals surface area (Å²) in [6.45, 7) is 0.312. The number of anilines is 1. The van der Waals surface area contributed by atoms with Crippen molar-refractivity contribution in [3.63, 3.8) is 0 Å². The van der Waals surface area contributed by atoms with Crippen LogP contribution in [0, 0.1) is 10.1 Å². The molecule has 0 saturated heterocycles. The normalized spacial score (nSPS) is 10.2. The van der Waals surface area contributed by atoms with Crippen LogP contribution in [0.4, 0.5) is 11.5 Å². The highest BCUT2D eigenvalue weighted by molar-refractivity contribution is 5.29. The quantitative estimate of drug-likeness (QED) is 0.636. The molecule has 0 fully saturated rings. The van der Waals surface area contributed by atoms with Gasteiger partial charge in [0.2, 0.25) is 0 Å². The Morgan fingerprint density at radius 1 is 1.39 bits per heavy atom. The first kappa shape index (κ1) is 11.8. The van der Waals surface area contributed by atoms with Crippen LogP contribution >= 0.6 is 0 Å². The molecule has 2 aromatic heterocycles. The van der Waals surface area contributed by atoms with Crippen molar-refractivity contribution in [1.29, 1.82) is 0 Å². The highest BCUT2D eigenvalue weighted by Gasteiger charge is 2.11. The van der Waals surface area contributed by atoms with Gasteiger partial charge in [0.1, 0.15) is 5.82 Å². The predicted molar refractivity (Wildman–Crippen MR) is 65.1 cm³/mol. The van der Waals surface area contributed by atoms with Gasteiger partial charge in [0.15, 0.2) is 0 Å². The number of rotatable bonds is 3. The van der Waals surface area contributed by atoms with Gasteiger partial charge in [-0.1, -0.05) is 6.07 Å². The number of aromatic nitrogens is 2. The van der Waals surface area contributed by atoms with E-state index in [0.717, 1.165) is 6.07 Å². The first-order chi connectivity index (χ1) is 8.56. The SMILES string of the molecule is Nc1cccc(Cn2ccc(=O)c([N+](=O)[O-])c2)n1. The molecule has 0 atom stereocenters. The molecule has 7 nitrogen and oxygen atoms in total. The number of nitrogens with zero attached hydrogens (tertiary/aromatic N) is 3. The zero-order chi connectivity index (χ0) is 13.1. The van der Waals surface area contributed by atoms with E-state index in [4.69, 9.17) is 5.73 Å². The standard InChI is InChI=1S/C11H10N4O3/c12-11-3-1-2-8(13-11)6-14-5-4-10(16)9(7-14)15(17)18/h1-5,7H,6H2,(H2,12,13). The molecule has 0 unspecified atom stereocenters. The average molecular weight is 246 g/mol. The Labute approximate surface area is 102 Å². The molecule has 18 heavy (non-hydrogen) atoms. The van der Waals surface area contributed by atoms with Crippen LogP contribution in [0.3, 0.4) is 0 Å². The molecule has 2 rings (SSSR count). The van der Waals surface area contributed by atoms with E-state index in [2.05, 4.69) is 4.98 Å². The van der Waals surface area contributed by atoms with E-state index < -0.39 is 16.0 Å². The summed E-state index contributed by atoms with van der Waals surface area (Å²) in [6, 6.07) is 6.30. The lowest BCUT2D eigenvalue weighted by Crippen LogP contribution is -2.12. The molecule has 2 N–H and O–H groups in total. The molecule has 2 aromatic rings. The van der Waals surface area contributed by atoms with Gasteiger partial charge in [-0.3, -0.25) is 14.9 Å². The van der Waals surface area contributed by atoms with Gasteiger partial charge in [-0.05, 0) is 12.1 Å². The van der Waals surface area contributed by atoms with Crippen molar-refractivity contribution < 1.29 is 4.92 Å². The maximum Gasteiger partial charge on any atom is 0.332 e. The summed E-state index contributed by atoms with van der Waals surface area (Å²) in [4.78, 5) is 25.2. The maximum absolute atomic E-state index is 11.2. The van der Waals surface area contributed by atoms with E-state index in [1.807, 2.05) is 0 Å². The number of nitro groups is 1. The summed E-state index contributed by atoms with van der Waals surface area (Å²) < 4.78 is 1.52. The van der Waals surface area contributed by atoms with Crippen LogP contribution in [0.15, 0.2) is 41.5 Å². The topological polar surface area (TPSA) is 104 Å². The number of nitrogen functional groups attached to an aromatic ring is 1. The van der Waals surface area contributed by atoms with Crippen LogP contribution in [0.2, 0.25) is 0 Å². The fourth-order valence-corrected chi connectivity index (χ4v) is 1.52. The number of nitrogens with two attached hydrogens (primary N) is 1. The molecule has 0 aliphatic heterocycles. The molecule has 0 radical (unpaired) electrons. The second kappa shape index (κ2) is 4.66. The van der Waals surface area contributed by atoms with E-state index in [9.17, 15) is 14.9 Å². The molecular formula is C11H10N4O3. The minimum atomic E-state index is -0.703. The third kappa shape index (κ3) is 2.51. The first-order valence-corrected chi connectivity index (χ1v) is 5.12. The van der Waals surface area contributed by atoms with Gasteiger partial charge in [-0.2, -0.15) is 0 Å². The number of hydrogen-bond acceptors (Lipinski definition) is 5. The number of hydrogen-bond donors (Lipinski definition) is 1. The fourth-order valence-electron chi connectivity index (χ4n) is 1.52.